The number of fused-ring (bicyclic) bond motifs is 1. The molecular formula is C13H14N6OS. The van der Waals surface area contributed by atoms with Crippen LogP contribution in [0.4, 0.5) is 0 Å². The van der Waals surface area contributed by atoms with Crippen LogP contribution in [0.1, 0.15) is 29.0 Å². The van der Waals surface area contributed by atoms with E-state index in [1.165, 1.54) is 11.3 Å². The van der Waals surface area contributed by atoms with Crippen LogP contribution in [0.2, 0.25) is 0 Å². The Kier molecular flexibility index (Phi) is 3.61. The van der Waals surface area contributed by atoms with E-state index in [4.69, 9.17) is 0 Å². The number of hydrogen-bond donors (Lipinski definition) is 1. The highest BCUT2D eigenvalue weighted by molar-refractivity contribution is 7.16. The minimum atomic E-state index is -0.0272. The van der Waals surface area contributed by atoms with Crippen LogP contribution in [0, 0.1) is 0 Å². The van der Waals surface area contributed by atoms with Crippen LogP contribution in [0.15, 0.2) is 23.7 Å². The van der Waals surface area contributed by atoms with Gasteiger partial charge in [-0.2, -0.15) is 5.21 Å². The number of nitrogens with one attached hydrogen (secondary N) is 1. The molecule has 1 amide bonds. The van der Waals surface area contributed by atoms with Crippen molar-refractivity contribution in [3.8, 4) is 0 Å². The first-order valence-corrected chi connectivity index (χ1v) is 7.35. The third-order valence-electron chi connectivity index (χ3n) is 3.28. The van der Waals surface area contributed by atoms with E-state index in [1.54, 1.807) is 23.5 Å². The normalized spacial score (nSPS) is 12.5. The number of aromatic nitrogens is 5. The molecule has 0 aliphatic rings. The van der Waals surface area contributed by atoms with E-state index in [9.17, 15) is 4.79 Å². The molecule has 108 valence electrons. The molecule has 0 fully saturated rings. The van der Waals surface area contributed by atoms with E-state index in [0.29, 0.717) is 17.9 Å². The van der Waals surface area contributed by atoms with Crippen LogP contribution in [-0.2, 0) is 0 Å². The topological polar surface area (TPSA) is 87.7 Å². The van der Waals surface area contributed by atoms with E-state index in [1.807, 2.05) is 19.1 Å². The maximum absolute atomic E-state index is 12.5. The van der Waals surface area contributed by atoms with Gasteiger partial charge in [-0.1, -0.05) is 12.1 Å². The van der Waals surface area contributed by atoms with Gasteiger partial charge in [-0.05, 0) is 18.2 Å². The largest absolute Gasteiger partial charge is 0.341 e. The number of hydrogen-bond acceptors (Lipinski definition) is 6. The molecule has 3 rings (SSSR count). The monoisotopic (exact) mass is 302 g/mol. The molecule has 7 nitrogen and oxygen atoms in total. The molecule has 1 unspecified atom stereocenters. The lowest BCUT2D eigenvalue weighted by atomic mass is 10.1. The molecule has 1 aromatic carbocycles. The molecule has 1 atom stereocenters. The summed E-state index contributed by atoms with van der Waals surface area (Å²) in [6.07, 6.45) is 0. The maximum atomic E-state index is 12.5. The van der Waals surface area contributed by atoms with Crippen molar-refractivity contribution < 1.29 is 4.79 Å². The second-order valence-corrected chi connectivity index (χ2v) is 5.78. The molecule has 3 aromatic rings. The molecule has 0 saturated heterocycles. The summed E-state index contributed by atoms with van der Waals surface area (Å²) in [7, 11) is 1.77. The zero-order chi connectivity index (χ0) is 14.8. The van der Waals surface area contributed by atoms with E-state index < -0.39 is 0 Å². The number of thiazole rings is 1. The molecule has 0 radical (unpaired) electrons. The number of carbonyl (C=O) groups is 1. The molecule has 0 aliphatic carbocycles. The van der Waals surface area contributed by atoms with Crippen LogP contribution in [0.3, 0.4) is 0 Å². The highest BCUT2D eigenvalue weighted by Gasteiger charge is 2.18. The van der Waals surface area contributed by atoms with Crippen molar-refractivity contribution in [3.63, 3.8) is 0 Å². The van der Waals surface area contributed by atoms with E-state index in [-0.39, 0.29) is 11.8 Å². The van der Waals surface area contributed by atoms with E-state index in [0.717, 1.165) is 10.2 Å². The first kappa shape index (κ1) is 13.6. The molecule has 0 bridgehead atoms. The van der Waals surface area contributed by atoms with Crippen molar-refractivity contribution >= 4 is 27.5 Å². The molecule has 8 heteroatoms. The van der Waals surface area contributed by atoms with Crippen molar-refractivity contribution in [3.05, 3.63) is 35.1 Å². The van der Waals surface area contributed by atoms with Gasteiger partial charge in [-0.3, -0.25) is 4.79 Å². The third kappa shape index (κ3) is 2.75. The van der Waals surface area contributed by atoms with Crippen molar-refractivity contribution in [1.29, 1.82) is 0 Å². The number of tetrazole rings is 1. The summed E-state index contributed by atoms with van der Waals surface area (Å²) in [6, 6.07) is 5.56. The van der Waals surface area contributed by atoms with Crippen molar-refractivity contribution in [1.82, 2.24) is 30.5 Å². The number of aromatic amines is 1. The Balaban J connectivity index is 1.74. The van der Waals surface area contributed by atoms with Crippen LogP contribution < -0.4 is 0 Å². The Morgan fingerprint density at radius 1 is 1.48 bits per heavy atom. The summed E-state index contributed by atoms with van der Waals surface area (Å²) in [5, 5.41) is 13.8. The fourth-order valence-electron chi connectivity index (χ4n) is 2.16. The maximum Gasteiger partial charge on any atom is 0.253 e. The second kappa shape index (κ2) is 5.57. The Morgan fingerprint density at radius 3 is 3.10 bits per heavy atom. The van der Waals surface area contributed by atoms with Gasteiger partial charge in [0, 0.05) is 25.1 Å². The minimum Gasteiger partial charge on any atom is -0.341 e. The van der Waals surface area contributed by atoms with Gasteiger partial charge in [0.1, 0.15) is 0 Å². The van der Waals surface area contributed by atoms with Gasteiger partial charge in [0.15, 0.2) is 5.82 Å². The molecular weight excluding hydrogens is 288 g/mol. The first-order chi connectivity index (χ1) is 10.1. The summed E-state index contributed by atoms with van der Waals surface area (Å²) in [4.78, 5) is 18.3. The standard InChI is InChI=1S/C13H14N6OS/c1-8(12-15-17-18-16-12)6-19(2)13(20)9-3-4-10-11(5-9)21-7-14-10/h3-5,7-8H,6H2,1-2H3,(H,15,16,17,18). The van der Waals surface area contributed by atoms with Crippen LogP contribution in [0.5, 0.6) is 0 Å². The van der Waals surface area contributed by atoms with Crippen molar-refractivity contribution in [2.45, 2.75) is 12.8 Å². The quantitative estimate of drug-likeness (QED) is 0.792. The number of benzene rings is 1. The predicted molar refractivity (Wildman–Crippen MR) is 79.2 cm³/mol. The fraction of sp³-hybridized carbons (Fsp3) is 0.308. The van der Waals surface area contributed by atoms with Gasteiger partial charge in [0.2, 0.25) is 0 Å². The lowest BCUT2D eigenvalue weighted by Gasteiger charge is -2.20. The third-order valence-corrected chi connectivity index (χ3v) is 4.07. The molecule has 2 heterocycles. The van der Waals surface area contributed by atoms with Gasteiger partial charge >= 0.3 is 0 Å². The minimum absolute atomic E-state index is 0.0184. The molecule has 1 N–H and O–H groups in total. The Bertz CT molecular complexity index is 753. The predicted octanol–water partition coefficient (Wildman–Crippen LogP) is 1.69. The SMILES string of the molecule is CC(CN(C)C(=O)c1ccc2ncsc2c1)c1nn[nH]n1. The molecule has 0 saturated carbocycles. The summed E-state index contributed by atoms with van der Waals surface area (Å²) in [5.74, 6) is 0.595. The van der Waals surface area contributed by atoms with Crippen LogP contribution in [-0.4, -0.2) is 50.0 Å². The second-order valence-electron chi connectivity index (χ2n) is 4.89. The highest BCUT2D eigenvalue weighted by atomic mass is 32.1. The molecule has 2 aromatic heterocycles. The number of carbonyl (C=O) groups excluding carboxylic acids is 1. The van der Waals surface area contributed by atoms with Gasteiger partial charge in [0.25, 0.3) is 5.91 Å². The Labute approximate surface area is 125 Å². The molecule has 0 spiro atoms. The van der Waals surface area contributed by atoms with Crippen molar-refractivity contribution in [2.75, 3.05) is 13.6 Å². The fourth-order valence-corrected chi connectivity index (χ4v) is 2.88. The first-order valence-electron chi connectivity index (χ1n) is 6.47. The lowest BCUT2D eigenvalue weighted by molar-refractivity contribution is 0.0787. The number of amides is 1. The number of likely N-dealkylation sites (N-methyl/N-ethyl adjacent to an activating group) is 1. The summed E-state index contributed by atoms with van der Waals surface area (Å²) < 4.78 is 1.01. The highest BCUT2D eigenvalue weighted by Crippen LogP contribution is 2.20. The van der Waals surface area contributed by atoms with Crippen LogP contribution in [0.25, 0.3) is 10.2 Å². The average molecular weight is 302 g/mol. The molecule has 0 aliphatic heterocycles. The Hall–Kier alpha value is -2.35. The number of rotatable bonds is 4. The summed E-state index contributed by atoms with van der Waals surface area (Å²) in [6.45, 7) is 2.49. The zero-order valence-corrected chi connectivity index (χ0v) is 12.5. The number of H-pyrrole nitrogens is 1. The zero-order valence-electron chi connectivity index (χ0n) is 11.6. The van der Waals surface area contributed by atoms with Crippen LogP contribution >= 0.6 is 11.3 Å². The number of nitrogens with zero attached hydrogens (tertiary/aromatic N) is 5. The summed E-state index contributed by atoms with van der Waals surface area (Å²) >= 11 is 1.53. The average Bonchev–Trinajstić information content (AvgIpc) is 3.16. The summed E-state index contributed by atoms with van der Waals surface area (Å²) in [5.41, 5.74) is 3.36. The van der Waals surface area contributed by atoms with E-state index in [2.05, 4.69) is 25.6 Å². The van der Waals surface area contributed by atoms with Gasteiger partial charge < -0.3 is 4.90 Å². The Morgan fingerprint density at radius 2 is 2.33 bits per heavy atom. The van der Waals surface area contributed by atoms with E-state index >= 15 is 0 Å². The smallest absolute Gasteiger partial charge is 0.253 e. The van der Waals surface area contributed by atoms with Gasteiger partial charge in [-0.15, -0.1) is 21.5 Å². The van der Waals surface area contributed by atoms with Gasteiger partial charge in [0.05, 0.1) is 15.7 Å². The lowest BCUT2D eigenvalue weighted by Crippen LogP contribution is -2.30. The van der Waals surface area contributed by atoms with Crippen molar-refractivity contribution in [2.24, 2.45) is 0 Å². The van der Waals surface area contributed by atoms with Gasteiger partial charge in [-0.25, -0.2) is 4.98 Å². The molecule has 21 heavy (non-hydrogen) atoms.